The molecular formula is C22H19ClN2O. The van der Waals surface area contributed by atoms with Gasteiger partial charge < -0.3 is 4.90 Å². The maximum absolute atomic E-state index is 12.3. The van der Waals surface area contributed by atoms with Crippen molar-refractivity contribution < 1.29 is 4.79 Å². The number of pyridine rings is 1. The van der Waals surface area contributed by atoms with Crippen LogP contribution < -0.4 is 4.90 Å². The maximum Gasteiger partial charge on any atom is 0.224 e. The largest absolute Gasteiger partial charge is 0.308 e. The third-order valence-electron chi connectivity index (χ3n) is 4.92. The normalized spacial score (nSPS) is 13.4. The molecule has 4 rings (SSSR count). The number of hydrogen-bond acceptors (Lipinski definition) is 2. The fourth-order valence-corrected chi connectivity index (χ4v) is 3.75. The molecule has 0 radical (unpaired) electrons. The first-order valence-corrected chi connectivity index (χ1v) is 9.08. The van der Waals surface area contributed by atoms with Gasteiger partial charge in [0.1, 0.15) is 0 Å². The third kappa shape index (κ3) is 3.23. The van der Waals surface area contributed by atoms with E-state index in [1.165, 1.54) is 16.7 Å². The van der Waals surface area contributed by atoms with E-state index in [1.54, 1.807) is 6.92 Å². The lowest BCUT2D eigenvalue weighted by Gasteiger charge is -2.28. The maximum atomic E-state index is 12.3. The molecule has 130 valence electrons. The Morgan fingerprint density at radius 2 is 1.69 bits per heavy atom. The van der Waals surface area contributed by atoms with Crippen LogP contribution in [0, 0.1) is 0 Å². The first kappa shape index (κ1) is 16.8. The number of anilines is 1. The van der Waals surface area contributed by atoms with Crippen molar-refractivity contribution in [2.24, 2.45) is 0 Å². The summed E-state index contributed by atoms with van der Waals surface area (Å²) < 4.78 is 0. The second kappa shape index (κ2) is 6.93. The summed E-state index contributed by atoms with van der Waals surface area (Å²) in [5.41, 5.74) is 6.87. The lowest BCUT2D eigenvalue weighted by Crippen LogP contribution is -2.30. The second-order valence-electron chi connectivity index (χ2n) is 6.60. The van der Waals surface area contributed by atoms with E-state index in [0.29, 0.717) is 11.6 Å². The number of carbonyl (C=O) groups is 1. The monoisotopic (exact) mass is 362 g/mol. The van der Waals surface area contributed by atoms with Crippen LogP contribution in [0.2, 0.25) is 5.02 Å². The van der Waals surface area contributed by atoms with Gasteiger partial charge in [0.15, 0.2) is 0 Å². The van der Waals surface area contributed by atoms with Crippen LogP contribution in [0.4, 0.5) is 5.69 Å². The van der Waals surface area contributed by atoms with E-state index in [0.717, 1.165) is 29.7 Å². The minimum atomic E-state index is 0.0413. The van der Waals surface area contributed by atoms with Crippen molar-refractivity contribution in [1.82, 2.24) is 4.98 Å². The van der Waals surface area contributed by atoms with Crippen LogP contribution in [0.15, 0.2) is 60.9 Å². The zero-order valence-corrected chi connectivity index (χ0v) is 15.3. The summed E-state index contributed by atoms with van der Waals surface area (Å²) in [6.07, 6.45) is 5.39. The number of halogens is 1. The number of nitrogens with zero attached hydrogens (tertiary/aromatic N) is 2. The fourth-order valence-electron chi connectivity index (χ4n) is 3.56. The number of amides is 1. The molecule has 0 unspecified atom stereocenters. The molecule has 0 fully saturated rings. The first-order valence-electron chi connectivity index (χ1n) is 8.70. The van der Waals surface area contributed by atoms with Gasteiger partial charge in [0, 0.05) is 30.0 Å². The predicted octanol–water partition coefficient (Wildman–Crippen LogP) is 5.05. The van der Waals surface area contributed by atoms with Crippen LogP contribution >= 0.6 is 11.6 Å². The standard InChI is InChI=1S/C22H19ClN2O/c1-15(26)25-14-20-5-3-17(16-8-10-24-11-9-16)12-18(20)2-4-19-13-21(23)6-7-22(19)25/h3,5-13H,2,4,14H2,1H3. The average molecular weight is 363 g/mol. The molecule has 1 aliphatic rings. The molecule has 3 aromatic rings. The van der Waals surface area contributed by atoms with Gasteiger partial charge in [0.25, 0.3) is 0 Å². The van der Waals surface area contributed by atoms with Gasteiger partial charge in [-0.2, -0.15) is 0 Å². The Morgan fingerprint density at radius 3 is 2.46 bits per heavy atom. The molecule has 2 aromatic carbocycles. The Kier molecular flexibility index (Phi) is 4.48. The molecular weight excluding hydrogens is 344 g/mol. The van der Waals surface area contributed by atoms with Gasteiger partial charge in [-0.3, -0.25) is 9.78 Å². The Labute approximate surface area is 158 Å². The minimum absolute atomic E-state index is 0.0413. The minimum Gasteiger partial charge on any atom is -0.308 e. The molecule has 1 aromatic heterocycles. The summed E-state index contributed by atoms with van der Waals surface area (Å²) in [4.78, 5) is 18.2. The van der Waals surface area contributed by atoms with E-state index in [4.69, 9.17) is 11.6 Å². The van der Waals surface area contributed by atoms with E-state index < -0.39 is 0 Å². The summed E-state index contributed by atoms with van der Waals surface area (Å²) in [6, 6.07) is 16.3. The van der Waals surface area contributed by atoms with E-state index >= 15 is 0 Å². The van der Waals surface area contributed by atoms with Crippen LogP contribution in [-0.4, -0.2) is 10.9 Å². The van der Waals surface area contributed by atoms with Crippen molar-refractivity contribution in [3.05, 3.63) is 82.6 Å². The van der Waals surface area contributed by atoms with Gasteiger partial charge in [-0.15, -0.1) is 0 Å². The molecule has 1 amide bonds. The zero-order chi connectivity index (χ0) is 18.1. The molecule has 26 heavy (non-hydrogen) atoms. The van der Waals surface area contributed by atoms with Gasteiger partial charge in [0.2, 0.25) is 5.91 Å². The van der Waals surface area contributed by atoms with E-state index in [1.807, 2.05) is 47.6 Å². The summed E-state index contributed by atoms with van der Waals surface area (Å²) in [5.74, 6) is 0.0413. The number of fused-ring (bicyclic) bond motifs is 2. The zero-order valence-electron chi connectivity index (χ0n) is 14.6. The van der Waals surface area contributed by atoms with Crippen molar-refractivity contribution >= 4 is 23.2 Å². The summed E-state index contributed by atoms with van der Waals surface area (Å²) >= 11 is 6.19. The molecule has 0 saturated heterocycles. The number of aromatic nitrogens is 1. The Morgan fingerprint density at radius 1 is 0.923 bits per heavy atom. The molecule has 0 saturated carbocycles. The van der Waals surface area contributed by atoms with Crippen LogP contribution in [0.5, 0.6) is 0 Å². The number of benzene rings is 2. The second-order valence-corrected chi connectivity index (χ2v) is 7.03. The van der Waals surface area contributed by atoms with Crippen molar-refractivity contribution in [1.29, 1.82) is 0 Å². The Balaban J connectivity index is 1.77. The van der Waals surface area contributed by atoms with E-state index in [9.17, 15) is 4.79 Å². The van der Waals surface area contributed by atoms with Gasteiger partial charge in [0.05, 0.1) is 6.54 Å². The molecule has 0 aliphatic carbocycles. The van der Waals surface area contributed by atoms with Gasteiger partial charge in [-0.25, -0.2) is 0 Å². The van der Waals surface area contributed by atoms with Crippen molar-refractivity contribution in [2.45, 2.75) is 26.3 Å². The summed E-state index contributed by atoms with van der Waals surface area (Å²) in [7, 11) is 0. The highest BCUT2D eigenvalue weighted by atomic mass is 35.5. The predicted molar refractivity (Wildman–Crippen MR) is 105 cm³/mol. The van der Waals surface area contributed by atoms with Crippen LogP contribution in [0.25, 0.3) is 11.1 Å². The van der Waals surface area contributed by atoms with Crippen LogP contribution in [-0.2, 0) is 24.2 Å². The molecule has 1 aliphatic heterocycles. The van der Waals surface area contributed by atoms with Crippen LogP contribution in [0.3, 0.4) is 0 Å². The molecule has 0 N–H and O–H groups in total. The van der Waals surface area contributed by atoms with Gasteiger partial charge in [-0.1, -0.05) is 29.8 Å². The van der Waals surface area contributed by atoms with Crippen LogP contribution in [0.1, 0.15) is 23.6 Å². The number of aryl methyl sites for hydroxylation is 2. The van der Waals surface area contributed by atoms with Gasteiger partial charge >= 0.3 is 0 Å². The SMILES string of the molecule is CC(=O)N1Cc2ccc(-c3ccncc3)cc2CCc2cc(Cl)ccc21. The molecule has 0 bridgehead atoms. The van der Waals surface area contributed by atoms with Crippen molar-refractivity contribution in [2.75, 3.05) is 4.90 Å². The molecule has 3 nitrogen and oxygen atoms in total. The lowest BCUT2D eigenvalue weighted by atomic mass is 9.92. The highest BCUT2D eigenvalue weighted by molar-refractivity contribution is 6.30. The Bertz CT molecular complexity index is 969. The smallest absolute Gasteiger partial charge is 0.224 e. The summed E-state index contributed by atoms with van der Waals surface area (Å²) in [5, 5.41) is 0.707. The third-order valence-corrected chi connectivity index (χ3v) is 5.16. The molecule has 2 heterocycles. The highest BCUT2D eigenvalue weighted by Gasteiger charge is 2.21. The van der Waals surface area contributed by atoms with E-state index in [-0.39, 0.29) is 5.91 Å². The topological polar surface area (TPSA) is 33.2 Å². The molecule has 0 atom stereocenters. The van der Waals surface area contributed by atoms with Gasteiger partial charge in [-0.05, 0) is 71.0 Å². The molecule has 4 heteroatoms. The first-order chi connectivity index (χ1) is 12.6. The quantitative estimate of drug-likeness (QED) is 0.606. The molecule has 0 spiro atoms. The lowest BCUT2D eigenvalue weighted by molar-refractivity contribution is -0.116. The highest BCUT2D eigenvalue weighted by Crippen LogP contribution is 2.32. The number of hydrogen-bond donors (Lipinski definition) is 0. The number of rotatable bonds is 1. The fraction of sp³-hybridized carbons (Fsp3) is 0.182. The summed E-state index contributed by atoms with van der Waals surface area (Å²) in [6.45, 7) is 2.20. The van der Waals surface area contributed by atoms with Crippen molar-refractivity contribution in [3.63, 3.8) is 0 Å². The van der Waals surface area contributed by atoms with Crippen molar-refractivity contribution in [3.8, 4) is 11.1 Å². The average Bonchev–Trinajstić information content (AvgIpc) is 2.64. The van der Waals surface area contributed by atoms with E-state index in [2.05, 4.69) is 23.2 Å². The number of carbonyl (C=O) groups excluding carboxylic acids is 1. The Hall–Kier alpha value is -2.65.